The van der Waals surface area contributed by atoms with Crippen LogP contribution in [0.4, 0.5) is 0 Å². The molecule has 3 rings (SSSR count). The molecule has 1 amide bonds. The highest BCUT2D eigenvalue weighted by molar-refractivity contribution is 7.84. The van der Waals surface area contributed by atoms with Gasteiger partial charge in [0.05, 0.1) is 16.6 Å². The number of benzene rings is 1. The summed E-state index contributed by atoms with van der Waals surface area (Å²) in [5.41, 5.74) is 1.08. The Labute approximate surface area is 138 Å². The Morgan fingerprint density at radius 1 is 1.26 bits per heavy atom. The topological polar surface area (TPSA) is 59.3 Å². The van der Waals surface area contributed by atoms with Gasteiger partial charge in [0.1, 0.15) is 5.76 Å². The van der Waals surface area contributed by atoms with Gasteiger partial charge in [-0.3, -0.25) is 9.00 Å². The Hall–Kier alpha value is -1.88. The Morgan fingerprint density at radius 3 is 2.78 bits per heavy atom. The van der Waals surface area contributed by atoms with Crippen LogP contribution in [0.3, 0.4) is 0 Å². The number of nitrogens with one attached hydrogen (secondary N) is 1. The summed E-state index contributed by atoms with van der Waals surface area (Å²) in [5.74, 6) is 0.971. The van der Waals surface area contributed by atoms with Crippen LogP contribution in [0.25, 0.3) is 0 Å². The van der Waals surface area contributed by atoms with E-state index < -0.39 is 10.8 Å². The average Bonchev–Trinajstić information content (AvgIpc) is 3.19. The second-order valence-electron chi connectivity index (χ2n) is 6.03. The summed E-state index contributed by atoms with van der Waals surface area (Å²) in [6.07, 6.45) is 4.42. The molecule has 0 radical (unpaired) electrons. The molecule has 1 aromatic heterocycles. The molecule has 0 spiro atoms. The molecular formula is C18H21NO3S. The van der Waals surface area contributed by atoms with E-state index in [2.05, 4.69) is 5.32 Å². The van der Waals surface area contributed by atoms with E-state index >= 15 is 0 Å². The van der Waals surface area contributed by atoms with Crippen LogP contribution in [-0.4, -0.2) is 16.2 Å². The van der Waals surface area contributed by atoms with E-state index in [4.69, 9.17) is 4.42 Å². The van der Waals surface area contributed by atoms with E-state index in [9.17, 15) is 9.00 Å². The largest absolute Gasteiger partial charge is 0.455 e. The second kappa shape index (κ2) is 7.13. The summed E-state index contributed by atoms with van der Waals surface area (Å²) < 4.78 is 17.9. The van der Waals surface area contributed by atoms with E-state index in [1.807, 2.05) is 31.2 Å². The number of aryl methyl sites for hydroxylation is 1. The molecule has 4 nitrogen and oxygen atoms in total. The molecule has 1 N–H and O–H groups in total. The average molecular weight is 331 g/mol. The Bertz CT molecular complexity index is 717. The smallest absolute Gasteiger partial charge is 0.287 e. The molecule has 122 valence electrons. The lowest BCUT2D eigenvalue weighted by molar-refractivity contribution is 0.0908. The minimum absolute atomic E-state index is 0.176. The number of hydrogen-bond acceptors (Lipinski definition) is 3. The molecule has 1 aliphatic rings. The summed E-state index contributed by atoms with van der Waals surface area (Å²) in [4.78, 5) is 12.9. The standard InChI is InChI=1S/C18H21NO3S/c1-13-5-4-8-16(11-13)23(21)12-15-9-10-17(22-15)18(20)19-14-6-2-3-7-14/h4-5,8-11,14H,2-3,6-7,12H2,1H3,(H,19,20). The third-order valence-electron chi connectivity index (χ3n) is 4.10. The lowest BCUT2D eigenvalue weighted by Gasteiger charge is -2.09. The molecule has 1 atom stereocenters. The van der Waals surface area contributed by atoms with Crippen LogP contribution >= 0.6 is 0 Å². The second-order valence-corrected chi connectivity index (χ2v) is 7.48. The van der Waals surface area contributed by atoms with Gasteiger partial charge in [0.15, 0.2) is 5.76 Å². The molecule has 0 aliphatic heterocycles. The number of amides is 1. The molecule has 0 saturated heterocycles. The van der Waals surface area contributed by atoms with Crippen molar-refractivity contribution in [2.24, 2.45) is 0 Å². The zero-order valence-corrected chi connectivity index (χ0v) is 14.0. The van der Waals surface area contributed by atoms with Crippen molar-refractivity contribution in [1.29, 1.82) is 0 Å². The van der Waals surface area contributed by atoms with Gasteiger partial charge in [-0.2, -0.15) is 0 Å². The van der Waals surface area contributed by atoms with Crippen molar-refractivity contribution in [1.82, 2.24) is 5.32 Å². The van der Waals surface area contributed by atoms with Crippen LogP contribution in [0, 0.1) is 6.92 Å². The van der Waals surface area contributed by atoms with Gasteiger partial charge in [0.2, 0.25) is 0 Å². The molecular weight excluding hydrogens is 310 g/mol. The predicted octanol–water partition coefficient (Wildman–Crippen LogP) is 3.57. The molecule has 1 aromatic carbocycles. The monoisotopic (exact) mass is 331 g/mol. The quantitative estimate of drug-likeness (QED) is 0.911. The minimum Gasteiger partial charge on any atom is -0.455 e. The molecule has 1 saturated carbocycles. The van der Waals surface area contributed by atoms with Gasteiger partial charge in [-0.15, -0.1) is 0 Å². The highest BCUT2D eigenvalue weighted by Crippen LogP contribution is 2.19. The fraction of sp³-hybridized carbons (Fsp3) is 0.389. The van der Waals surface area contributed by atoms with Gasteiger partial charge in [-0.1, -0.05) is 25.0 Å². The zero-order chi connectivity index (χ0) is 16.2. The van der Waals surface area contributed by atoms with Gasteiger partial charge in [0, 0.05) is 10.9 Å². The first-order chi connectivity index (χ1) is 11.1. The maximum absolute atomic E-state index is 12.4. The van der Waals surface area contributed by atoms with Crippen molar-refractivity contribution in [2.75, 3.05) is 0 Å². The molecule has 1 unspecified atom stereocenters. The Balaban J connectivity index is 1.62. The summed E-state index contributed by atoms with van der Waals surface area (Å²) in [6, 6.07) is 11.3. The zero-order valence-electron chi connectivity index (χ0n) is 13.2. The summed E-state index contributed by atoms with van der Waals surface area (Å²) >= 11 is 0. The molecule has 2 aromatic rings. The number of carbonyl (C=O) groups excluding carboxylic acids is 1. The van der Waals surface area contributed by atoms with Gasteiger partial charge < -0.3 is 9.73 Å². The number of furan rings is 1. The van der Waals surface area contributed by atoms with Crippen molar-refractivity contribution in [3.8, 4) is 0 Å². The molecule has 1 heterocycles. The molecule has 1 aliphatic carbocycles. The van der Waals surface area contributed by atoms with Crippen LogP contribution in [0.1, 0.15) is 47.6 Å². The maximum Gasteiger partial charge on any atom is 0.287 e. The minimum atomic E-state index is -1.17. The highest BCUT2D eigenvalue weighted by atomic mass is 32.2. The lowest BCUT2D eigenvalue weighted by Crippen LogP contribution is -2.32. The van der Waals surface area contributed by atoms with Gasteiger partial charge in [-0.05, 0) is 49.6 Å². The summed E-state index contributed by atoms with van der Waals surface area (Å²) in [5, 5.41) is 2.99. The number of rotatable bonds is 5. The highest BCUT2D eigenvalue weighted by Gasteiger charge is 2.20. The first-order valence-electron chi connectivity index (χ1n) is 7.96. The van der Waals surface area contributed by atoms with Crippen LogP contribution in [-0.2, 0) is 16.6 Å². The molecule has 0 bridgehead atoms. The molecule has 1 fully saturated rings. The Morgan fingerprint density at radius 2 is 2.04 bits per heavy atom. The summed E-state index contributed by atoms with van der Waals surface area (Å²) in [7, 11) is -1.17. The van der Waals surface area contributed by atoms with Crippen LogP contribution in [0.2, 0.25) is 0 Å². The Kier molecular flexibility index (Phi) is 4.96. The van der Waals surface area contributed by atoms with Crippen molar-refractivity contribution in [2.45, 2.75) is 49.3 Å². The van der Waals surface area contributed by atoms with Crippen molar-refractivity contribution in [3.63, 3.8) is 0 Å². The summed E-state index contributed by atoms with van der Waals surface area (Å²) in [6.45, 7) is 1.97. The van der Waals surface area contributed by atoms with Gasteiger partial charge >= 0.3 is 0 Å². The van der Waals surface area contributed by atoms with Gasteiger partial charge in [-0.25, -0.2) is 0 Å². The van der Waals surface area contributed by atoms with Crippen LogP contribution in [0.15, 0.2) is 45.7 Å². The third-order valence-corrected chi connectivity index (χ3v) is 5.43. The first kappa shape index (κ1) is 16.0. The normalized spacial score (nSPS) is 16.4. The van der Waals surface area contributed by atoms with E-state index in [1.165, 1.54) is 12.8 Å². The number of hydrogen-bond donors (Lipinski definition) is 1. The third kappa shape index (κ3) is 4.10. The van der Waals surface area contributed by atoms with Crippen LogP contribution < -0.4 is 5.32 Å². The van der Waals surface area contributed by atoms with E-state index in [0.29, 0.717) is 11.5 Å². The van der Waals surface area contributed by atoms with Crippen molar-refractivity contribution >= 4 is 16.7 Å². The van der Waals surface area contributed by atoms with Crippen LogP contribution in [0.5, 0.6) is 0 Å². The SMILES string of the molecule is Cc1cccc(S(=O)Cc2ccc(C(=O)NC3CCCC3)o2)c1. The van der Waals surface area contributed by atoms with Gasteiger partial charge in [0.25, 0.3) is 5.91 Å². The lowest BCUT2D eigenvalue weighted by atomic mass is 10.2. The fourth-order valence-corrected chi connectivity index (χ4v) is 4.00. The van der Waals surface area contributed by atoms with E-state index in [-0.39, 0.29) is 17.7 Å². The van der Waals surface area contributed by atoms with E-state index in [1.54, 1.807) is 12.1 Å². The van der Waals surface area contributed by atoms with E-state index in [0.717, 1.165) is 23.3 Å². The predicted molar refractivity (Wildman–Crippen MR) is 89.7 cm³/mol. The fourth-order valence-electron chi connectivity index (χ4n) is 2.87. The molecule has 23 heavy (non-hydrogen) atoms. The number of carbonyl (C=O) groups is 1. The maximum atomic E-state index is 12.4. The van der Waals surface area contributed by atoms with Crippen molar-refractivity contribution in [3.05, 3.63) is 53.5 Å². The van der Waals surface area contributed by atoms with Crippen molar-refractivity contribution < 1.29 is 13.4 Å². The molecule has 5 heteroatoms. The first-order valence-corrected chi connectivity index (χ1v) is 9.28.